The molecule has 19 heavy (non-hydrogen) atoms. The van der Waals surface area contributed by atoms with Crippen molar-refractivity contribution in [3.8, 4) is 0 Å². The molecule has 0 fully saturated rings. The molecule has 0 aliphatic carbocycles. The zero-order chi connectivity index (χ0) is 13.4. The van der Waals surface area contributed by atoms with Gasteiger partial charge in [-0.15, -0.1) is 21.5 Å². The van der Waals surface area contributed by atoms with Gasteiger partial charge in [-0.1, -0.05) is 11.3 Å². The van der Waals surface area contributed by atoms with E-state index in [1.807, 2.05) is 31.2 Å². The molecule has 0 unspecified atom stereocenters. The molecular formula is C12H10N4OS2. The van der Waals surface area contributed by atoms with Crippen LogP contribution in [-0.2, 0) is 0 Å². The van der Waals surface area contributed by atoms with Gasteiger partial charge in [-0.25, -0.2) is 0 Å². The highest BCUT2D eigenvalue weighted by atomic mass is 32.1. The molecule has 3 aromatic rings. The molecular weight excluding hydrogens is 280 g/mol. The fraction of sp³-hybridized carbons (Fsp3) is 0.0833. The molecule has 2 aromatic heterocycles. The zero-order valence-electron chi connectivity index (χ0n) is 10.0. The first-order valence-electron chi connectivity index (χ1n) is 5.52. The van der Waals surface area contributed by atoms with Crippen LogP contribution in [0, 0.1) is 6.92 Å². The van der Waals surface area contributed by atoms with Crippen LogP contribution in [-0.4, -0.2) is 16.1 Å². The first-order chi connectivity index (χ1) is 9.11. The van der Waals surface area contributed by atoms with Crippen molar-refractivity contribution in [2.24, 2.45) is 0 Å². The third kappa shape index (κ3) is 2.42. The molecule has 0 spiro atoms. The highest BCUT2D eigenvalue weighted by Crippen LogP contribution is 2.28. The van der Waals surface area contributed by atoms with E-state index in [1.54, 1.807) is 0 Å². The van der Waals surface area contributed by atoms with Gasteiger partial charge in [0.15, 0.2) is 0 Å². The lowest BCUT2D eigenvalue weighted by molar-refractivity contribution is 0.103. The molecule has 0 saturated heterocycles. The van der Waals surface area contributed by atoms with Crippen molar-refractivity contribution in [1.29, 1.82) is 0 Å². The Hall–Kier alpha value is -1.99. The van der Waals surface area contributed by atoms with Crippen molar-refractivity contribution in [2.75, 3.05) is 11.1 Å². The van der Waals surface area contributed by atoms with Gasteiger partial charge >= 0.3 is 0 Å². The predicted molar refractivity (Wildman–Crippen MR) is 78.8 cm³/mol. The number of carbonyl (C=O) groups excluding carboxylic acids is 1. The number of carbonyl (C=O) groups is 1. The molecule has 0 aliphatic rings. The fourth-order valence-corrected chi connectivity index (χ4v) is 3.20. The topological polar surface area (TPSA) is 80.9 Å². The number of hydrogen-bond acceptors (Lipinski definition) is 6. The molecule has 96 valence electrons. The van der Waals surface area contributed by atoms with Gasteiger partial charge in [-0.05, 0) is 36.6 Å². The Labute approximate surface area is 117 Å². The van der Waals surface area contributed by atoms with E-state index in [1.165, 1.54) is 22.7 Å². The van der Waals surface area contributed by atoms with Gasteiger partial charge < -0.3 is 5.73 Å². The molecule has 3 rings (SSSR count). The van der Waals surface area contributed by atoms with Crippen LogP contribution in [0.15, 0.2) is 24.3 Å². The summed E-state index contributed by atoms with van der Waals surface area (Å²) in [5.74, 6) is -0.170. The first-order valence-corrected chi connectivity index (χ1v) is 7.15. The van der Waals surface area contributed by atoms with Gasteiger partial charge in [0, 0.05) is 10.4 Å². The van der Waals surface area contributed by atoms with E-state index in [4.69, 9.17) is 5.73 Å². The van der Waals surface area contributed by atoms with Crippen LogP contribution in [0.5, 0.6) is 0 Å². The third-order valence-corrected chi connectivity index (χ3v) is 4.38. The average Bonchev–Trinajstić information content (AvgIpc) is 2.95. The summed E-state index contributed by atoms with van der Waals surface area (Å²) in [4.78, 5) is 12.7. The molecule has 1 aromatic carbocycles. The zero-order valence-corrected chi connectivity index (χ0v) is 11.6. The van der Waals surface area contributed by atoms with E-state index < -0.39 is 0 Å². The Balaban J connectivity index is 1.89. The van der Waals surface area contributed by atoms with Crippen molar-refractivity contribution >= 4 is 49.5 Å². The minimum Gasteiger partial charge on any atom is -0.399 e. The maximum absolute atomic E-state index is 12.1. The number of rotatable bonds is 2. The Morgan fingerprint density at radius 1 is 1.26 bits per heavy atom. The molecule has 0 radical (unpaired) electrons. The normalized spacial score (nSPS) is 10.8. The highest BCUT2D eigenvalue weighted by Gasteiger charge is 2.12. The summed E-state index contributed by atoms with van der Waals surface area (Å²) in [7, 11) is 0. The summed E-state index contributed by atoms with van der Waals surface area (Å²) in [5, 5.41) is 12.8. The van der Waals surface area contributed by atoms with Crippen LogP contribution in [0.1, 0.15) is 14.7 Å². The Morgan fingerprint density at radius 2 is 2.11 bits per heavy atom. The third-order valence-electron chi connectivity index (χ3n) is 2.51. The molecule has 0 saturated carbocycles. The number of aromatic nitrogens is 2. The fourth-order valence-electron chi connectivity index (χ4n) is 1.68. The number of amides is 1. The van der Waals surface area contributed by atoms with Crippen LogP contribution in [0.25, 0.3) is 10.1 Å². The summed E-state index contributed by atoms with van der Waals surface area (Å²) in [6, 6.07) is 7.44. The van der Waals surface area contributed by atoms with Crippen molar-refractivity contribution in [3.63, 3.8) is 0 Å². The van der Waals surface area contributed by atoms with E-state index in [-0.39, 0.29) is 5.91 Å². The highest BCUT2D eigenvalue weighted by molar-refractivity contribution is 7.21. The molecule has 0 bridgehead atoms. The second-order valence-corrected chi connectivity index (χ2v) is 6.25. The number of nitrogen functional groups attached to an aromatic ring is 1. The molecule has 0 atom stereocenters. The van der Waals surface area contributed by atoms with Crippen molar-refractivity contribution in [2.45, 2.75) is 6.92 Å². The predicted octanol–water partition coefficient (Wildman–Crippen LogP) is 2.90. The molecule has 3 N–H and O–H groups in total. The average molecular weight is 290 g/mol. The second kappa shape index (κ2) is 4.60. The minimum atomic E-state index is -0.170. The molecule has 2 heterocycles. The molecule has 1 amide bonds. The Bertz CT molecular complexity index is 762. The largest absolute Gasteiger partial charge is 0.399 e. The van der Waals surface area contributed by atoms with E-state index in [0.29, 0.717) is 15.7 Å². The summed E-state index contributed by atoms with van der Waals surface area (Å²) in [5.41, 5.74) is 6.41. The van der Waals surface area contributed by atoms with Crippen LogP contribution in [0.3, 0.4) is 0 Å². The second-order valence-electron chi connectivity index (χ2n) is 3.99. The lowest BCUT2D eigenvalue weighted by atomic mass is 10.2. The number of nitrogens with two attached hydrogens (primary N) is 1. The van der Waals surface area contributed by atoms with Crippen LogP contribution >= 0.6 is 22.7 Å². The van der Waals surface area contributed by atoms with Crippen LogP contribution in [0.4, 0.5) is 10.8 Å². The van der Waals surface area contributed by atoms with Gasteiger partial charge in [0.1, 0.15) is 5.01 Å². The lowest BCUT2D eigenvalue weighted by Crippen LogP contribution is -2.09. The quantitative estimate of drug-likeness (QED) is 0.711. The van der Waals surface area contributed by atoms with E-state index in [0.717, 1.165) is 15.1 Å². The van der Waals surface area contributed by atoms with E-state index in [2.05, 4.69) is 15.5 Å². The van der Waals surface area contributed by atoms with E-state index in [9.17, 15) is 4.79 Å². The number of hydrogen-bond donors (Lipinski definition) is 2. The van der Waals surface area contributed by atoms with Gasteiger partial charge in [-0.2, -0.15) is 0 Å². The Morgan fingerprint density at radius 3 is 2.84 bits per heavy atom. The van der Waals surface area contributed by atoms with Gasteiger partial charge in [0.05, 0.1) is 4.88 Å². The van der Waals surface area contributed by atoms with E-state index >= 15 is 0 Å². The lowest BCUT2D eigenvalue weighted by Gasteiger charge is -1.95. The summed E-state index contributed by atoms with van der Waals surface area (Å²) in [6.45, 7) is 1.84. The van der Waals surface area contributed by atoms with Gasteiger partial charge in [0.25, 0.3) is 5.91 Å². The standard InChI is InChI=1S/C12H10N4OS2/c1-6-15-16-12(18-6)14-11(17)10-5-7-4-8(13)2-3-9(7)19-10/h2-5H,13H2,1H3,(H,14,16,17). The monoisotopic (exact) mass is 290 g/mol. The summed E-state index contributed by atoms with van der Waals surface area (Å²) in [6.07, 6.45) is 0. The van der Waals surface area contributed by atoms with Gasteiger partial charge in [-0.3, -0.25) is 10.1 Å². The number of nitrogens with zero attached hydrogens (tertiary/aromatic N) is 2. The van der Waals surface area contributed by atoms with Crippen molar-refractivity contribution in [1.82, 2.24) is 10.2 Å². The first kappa shape index (κ1) is 12.1. The molecule has 0 aliphatic heterocycles. The molecule has 7 heteroatoms. The Kier molecular flexibility index (Phi) is 2.92. The van der Waals surface area contributed by atoms with Crippen LogP contribution in [0.2, 0.25) is 0 Å². The SMILES string of the molecule is Cc1nnc(NC(=O)c2cc3cc(N)ccc3s2)s1. The maximum atomic E-state index is 12.1. The van der Waals surface area contributed by atoms with Crippen LogP contribution < -0.4 is 11.1 Å². The molecule has 5 nitrogen and oxygen atoms in total. The summed E-state index contributed by atoms with van der Waals surface area (Å²) >= 11 is 2.78. The number of nitrogens with one attached hydrogen (secondary N) is 1. The van der Waals surface area contributed by atoms with Crippen molar-refractivity contribution in [3.05, 3.63) is 34.2 Å². The minimum absolute atomic E-state index is 0.170. The van der Waals surface area contributed by atoms with Crippen molar-refractivity contribution < 1.29 is 4.79 Å². The number of benzene rings is 1. The van der Waals surface area contributed by atoms with Gasteiger partial charge in [0.2, 0.25) is 5.13 Å². The number of aryl methyl sites for hydroxylation is 1. The number of thiophene rings is 1. The number of fused-ring (bicyclic) bond motifs is 1. The summed E-state index contributed by atoms with van der Waals surface area (Å²) < 4.78 is 1.03. The smallest absolute Gasteiger partial charge is 0.267 e. The number of anilines is 2. The maximum Gasteiger partial charge on any atom is 0.267 e.